The molecule has 0 aliphatic rings. The number of primary amides is 1. The molecule has 0 spiro atoms. The molecule has 0 aromatic heterocycles. The van der Waals surface area contributed by atoms with Crippen LogP contribution in [0.15, 0.2) is 42.5 Å². The molecule has 0 saturated carbocycles. The highest BCUT2D eigenvalue weighted by atomic mass is 19.1. The van der Waals surface area contributed by atoms with Gasteiger partial charge in [0, 0.05) is 45.1 Å². The number of carbonyl (C=O) groups is 2. The Morgan fingerprint density at radius 1 is 1.05 bits per heavy atom. The fraction of sp³-hybridized carbons (Fsp3) is 0.533. The van der Waals surface area contributed by atoms with Gasteiger partial charge in [-0.1, -0.05) is 38.1 Å². The monoisotopic (exact) mass is 529 g/mol. The van der Waals surface area contributed by atoms with E-state index in [-0.39, 0.29) is 24.6 Å². The molecule has 2 aromatic rings. The number of aryl methyl sites for hydroxylation is 2. The highest BCUT2D eigenvalue weighted by molar-refractivity contribution is 5.82. The van der Waals surface area contributed by atoms with Gasteiger partial charge in [-0.2, -0.15) is 0 Å². The minimum Gasteiger partial charge on any atom is -0.493 e. The van der Waals surface area contributed by atoms with Crippen LogP contribution in [0.5, 0.6) is 5.75 Å². The first-order valence-corrected chi connectivity index (χ1v) is 13.8. The van der Waals surface area contributed by atoms with E-state index in [1.54, 1.807) is 4.90 Å². The third kappa shape index (κ3) is 12.5. The number of halogens is 1. The Morgan fingerprint density at radius 3 is 2.58 bits per heavy atom. The lowest BCUT2D eigenvalue weighted by Gasteiger charge is -2.22. The van der Waals surface area contributed by atoms with Crippen LogP contribution in [-0.4, -0.2) is 54.2 Å². The van der Waals surface area contributed by atoms with Gasteiger partial charge < -0.3 is 25.8 Å². The zero-order valence-corrected chi connectivity index (χ0v) is 22.9. The van der Waals surface area contributed by atoms with Crippen LogP contribution in [0.3, 0.4) is 0 Å². The van der Waals surface area contributed by atoms with Gasteiger partial charge in [0.2, 0.25) is 11.8 Å². The number of ether oxygens (including phenoxy) is 1. The standard InChI is InChI=1S/C30H44FN3O4/c1-3-14-34(30(37)13-12-29(32)36)15-5-6-16-38-28-19-24(18-26(31)20-28)10-11-27(35)22-33-21-25-9-7-8-23(4-2)17-25/h7-9,17-20,27,33,35H,3-6,10-16,21-22H2,1-2H3,(H2,32,36)/t27-/m0/s1. The maximum Gasteiger partial charge on any atom is 0.223 e. The van der Waals surface area contributed by atoms with Crippen LogP contribution >= 0.6 is 0 Å². The van der Waals surface area contributed by atoms with Gasteiger partial charge in [0.25, 0.3) is 0 Å². The van der Waals surface area contributed by atoms with E-state index in [0.29, 0.717) is 57.8 Å². The first-order valence-electron chi connectivity index (χ1n) is 13.8. The summed E-state index contributed by atoms with van der Waals surface area (Å²) in [5.74, 6) is -0.441. The number of hydrogen-bond acceptors (Lipinski definition) is 5. The Hall–Kier alpha value is -2.97. The van der Waals surface area contributed by atoms with Crippen LogP contribution in [0.25, 0.3) is 0 Å². The molecule has 1 atom stereocenters. The number of hydrogen-bond donors (Lipinski definition) is 3. The molecule has 0 fully saturated rings. The summed E-state index contributed by atoms with van der Waals surface area (Å²) in [6.07, 6.45) is 4.00. The molecule has 0 aliphatic heterocycles. The van der Waals surface area contributed by atoms with Crippen LogP contribution in [0.1, 0.15) is 69.1 Å². The molecular formula is C30H44FN3O4. The third-order valence-corrected chi connectivity index (χ3v) is 6.33. The van der Waals surface area contributed by atoms with E-state index in [9.17, 15) is 19.1 Å². The van der Waals surface area contributed by atoms with E-state index < -0.39 is 12.0 Å². The van der Waals surface area contributed by atoms with Crippen molar-refractivity contribution in [2.75, 3.05) is 26.2 Å². The van der Waals surface area contributed by atoms with Gasteiger partial charge in [0.1, 0.15) is 11.6 Å². The molecule has 7 nitrogen and oxygen atoms in total. The number of carbonyl (C=O) groups excluding carboxylic acids is 2. The van der Waals surface area contributed by atoms with Crippen LogP contribution in [0.2, 0.25) is 0 Å². The van der Waals surface area contributed by atoms with Gasteiger partial charge in [0.15, 0.2) is 0 Å². The zero-order chi connectivity index (χ0) is 27.8. The van der Waals surface area contributed by atoms with Crippen molar-refractivity contribution in [2.45, 2.75) is 77.9 Å². The summed E-state index contributed by atoms with van der Waals surface area (Å²) >= 11 is 0. The van der Waals surface area contributed by atoms with E-state index in [0.717, 1.165) is 24.8 Å². The number of aliphatic hydroxyl groups is 1. The summed E-state index contributed by atoms with van der Waals surface area (Å²) in [5.41, 5.74) is 8.41. The van der Waals surface area contributed by atoms with E-state index in [2.05, 4.69) is 30.4 Å². The second-order valence-electron chi connectivity index (χ2n) is 9.69. The van der Waals surface area contributed by atoms with Crippen molar-refractivity contribution < 1.29 is 23.8 Å². The lowest BCUT2D eigenvalue weighted by Crippen LogP contribution is -2.33. The van der Waals surface area contributed by atoms with Crippen LogP contribution in [-0.2, 0) is 29.0 Å². The smallest absolute Gasteiger partial charge is 0.223 e. The first kappa shape index (κ1) is 31.2. The highest BCUT2D eigenvalue weighted by Gasteiger charge is 2.13. The van der Waals surface area contributed by atoms with Crippen molar-refractivity contribution in [3.05, 3.63) is 65.0 Å². The summed E-state index contributed by atoms with van der Waals surface area (Å²) in [4.78, 5) is 25.0. The number of nitrogens with two attached hydrogens (primary N) is 1. The number of aliphatic hydroxyl groups excluding tert-OH is 1. The van der Waals surface area contributed by atoms with Crippen molar-refractivity contribution in [2.24, 2.45) is 5.73 Å². The van der Waals surface area contributed by atoms with Crippen LogP contribution in [0, 0.1) is 5.82 Å². The predicted molar refractivity (Wildman–Crippen MR) is 148 cm³/mol. The molecule has 2 amide bonds. The van der Waals surface area contributed by atoms with Crippen LogP contribution in [0.4, 0.5) is 4.39 Å². The van der Waals surface area contributed by atoms with E-state index in [1.165, 1.54) is 23.3 Å². The maximum absolute atomic E-state index is 14.2. The molecule has 2 aromatic carbocycles. The number of benzene rings is 2. The minimum atomic E-state index is -0.534. The Bertz CT molecular complexity index is 1000. The van der Waals surface area contributed by atoms with E-state index in [1.807, 2.05) is 19.1 Å². The normalized spacial score (nSPS) is 11.8. The number of amides is 2. The predicted octanol–water partition coefficient (Wildman–Crippen LogP) is 4.13. The second kappa shape index (κ2) is 17.5. The topological polar surface area (TPSA) is 105 Å². The molecular weight excluding hydrogens is 485 g/mol. The van der Waals surface area contributed by atoms with Crippen molar-refractivity contribution in [3.8, 4) is 5.75 Å². The molecule has 2 rings (SSSR count). The van der Waals surface area contributed by atoms with Gasteiger partial charge in [-0.25, -0.2) is 4.39 Å². The van der Waals surface area contributed by atoms with Gasteiger partial charge in [0.05, 0.1) is 12.7 Å². The molecule has 0 saturated heterocycles. The fourth-order valence-electron chi connectivity index (χ4n) is 4.24. The van der Waals surface area contributed by atoms with Gasteiger partial charge in [-0.15, -0.1) is 0 Å². The Balaban J connectivity index is 1.71. The van der Waals surface area contributed by atoms with Crippen molar-refractivity contribution in [1.82, 2.24) is 10.2 Å². The summed E-state index contributed by atoms with van der Waals surface area (Å²) in [5, 5.41) is 13.7. The summed E-state index contributed by atoms with van der Waals surface area (Å²) in [7, 11) is 0. The Kier molecular flexibility index (Phi) is 14.4. The SMILES string of the molecule is CCCN(CCCCOc1cc(F)cc(CC[C@H](O)CNCc2cccc(CC)c2)c1)C(=O)CCC(N)=O. The molecule has 38 heavy (non-hydrogen) atoms. The number of rotatable bonds is 19. The average Bonchev–Trinajstić information content (AvgIpc) is 2.89. The first-order chi connectivity index (χ1) is 18.3. The largest absolute Gasteiger partial charge is 0.493 e. The summed E-state index contributed by atoms with van der Waals surface area (Å²) < 4.78 is 19.9. The quantitative estimate of drug-likeness (QED) is 0.237. The number of nitrogens with zero attached hydrogens (tertiary/aromatic N) is 1. The highest BCUT2D eigenvalue weighted by Crippen LogP contribution is 2.19. The lowest BCUT2D eigenvalue weighted by atomic mass is 10.1. The van der Waals surface area contributed by atoms with Crippen molar-refractivity contribution >= 4 is 11.8 Å². The fourth-order valence-corrected chi connectivity index (χ4v) is 4.24. The average molecular weight is 530 g/mol. The second-order valence-corrected chi connectivity index (χ2v) is 9.69. The van der Waals surface area contributed by atoms with Crippen molar-refractivity contribution in [3.63, 3.8) is 0 Å². The van der Waals surface area contributed by atoms with Crippen molar-refractivity contribution in [1.29, 1.82) is 0 Å². The lowest BCUT2D eigenvalue weighted by molar-refractivity contribution is -0.133. The Morgan fingerprint density at radius 2 is 1.84 bits per heavy atom. The van der Waals surface area contributed by atoms with Gasteiger partial charge in [-0.05, 0) is 67.3 Å². The van der Waals surface area contributed by atoms with E-state index in [4.69, 9.17) is 10.5 Å². The van der Waals surface area contributed by atoms with Gasteiger partial charge >= 0.3 is 0 Å². The number of unbranched alkanes of at least 4 members (excludes halogenated alkanes) is 1. The van der Waals surface area contributed by atoms with Gasteiger partial charge in [-0.3, -0.25) is 9.59 Å². The maximum atomic E-state index is 14.2. The molecule has 4 N–H and O–H groups in total. The molecule has 210 valence electrons. The summed E-state index contributed by atoms with van der Waals surface area (Å²) in [6.45, 7) is 6.92. The molecule has 0 radical (unpaired) electrons. The molecule has 0 aliphatic carbocycles. The van der Waals surface area contributed by atoms with E-state index >= 15 is 0 Å². The summed E-state index contributed by atoms with van der Waals surface area (Å²) in [6, 6.07) is 13.0. The molecule has 0 bridgehead atoms. The third-order valence-electron chi connectivity index (χ3n) is 6.33. The number of nitrogens with one attached hydrogen (secondary N) is 1. The van der Waals surface area contributed by atoms with Crippen LogP contribution < -0.4 is 15.8 Å². The molecule has 8 heteroatoms. The minimum absolute atomic E-state index is 0.0606. The zero-order valence-electron chi connectivity index (χ0n) is 22.9. The molecule has 0 unspecified atom stereocenters. The Labute approximate surface area is 226 Å². The molecule has 0 heterocycles.